The van der Waals surface area contributed by atoms with E-state index in [1.165, 1.54) is 0 Å². The van der Waals surface area contributed by atoms with Gasteiger partial charge < -0.3 is 14.7 Å². The Morgan fingerprint density at radius 3 is 2.54 bits per heavy atom. The average Bonchev–Trinajstić information content (AvgIpc) is 3.48. The fraction of sp³-hybridized carbons (Fsp3) is 0.517. The molecule has 0 radical (unpaired) electrons. The van der Waals surface area contributed by atoms with Crippen LogP contribution in [0, 0.1) is 5.41 Å². The average molecular weight is 546 g/mol. The molecular weight excluding hydrogens is 511 g/mol. The number of aliphatic carboxylic acids is 1. The Balaban J connectivity index is 1.53. The minimum atomic E-state index is -1.03. The molecule has 3 saturated heterocycles. The first-order chi connectivity index (χ1) is 17.6. The van der Waals surface area contributed by atoms with Gasteiger partial charge in [-0.3, -0.25) is 14.5 Å². The molecule has 1 amide bonds. The Hall–Kier alpha value is -2.12. The van der Waals surface area contributed by atoms with Crippen molar-refractivity contribution in [3.05, 3.63) is 69.7 Å². The highest BCUT2D eigenvalue weighted by Crippen LogP contribution is 2.52. The number of carboxylic acids is 1. The summed E-state index contributed by atoms with van der Waals surface area (Å²) in [5.74, 6) is -1.20. The fourth-order valence-corrected chi connectivity index (χ4v) is 6.93. The number of piperidine rings is 1. The van der Waals surface area contributed by atoms with Crippen LogP contribution < -0.4 is 0 Å². The Bertz CT molecular complexity index is 1160. The van der Waals surface area contributed by atoms with Crippen LogP contribution >= 0.6 is 23.2 Å². The molecule has 2 aromatic carbocycles. The number of hydrogen-bond acceptors (Lipinski definition) is 4. The van der Waals surface area contributed by atoms with Crippen molar-refractivity contribution in [2.75, 3.05) is 19.7 Å². The summed E-state index contributed by atoms with van der Waals surface area (Å²) in [6, 6.07) is 15.5. The number of nitrogens with zero attached hydrogens (tertiary/aromatic N) is 2. The van der Waals surface area contributed by atoms with Gasteiger partial charge in [0.2, 0.25) is 5.91 Å². The SMILES string of the molecule is C[C@@H](CCN1C[C@H]2C[C@@H]1CO2)N1C(=O)[C@@](C)(CC(=O)O)C[C@H](c2cccc(Cl)c2)[C@H]1c1ccc(Cl)cc1. The molecule has 198 valence electrons. The van der Waals surface area contributed by atoms with Crippen molar-refractivity contribution in [3.63, 3.8) is 0 Å². The Morgan fingerprint density at radius 2 is 1.92 bits per heavy atom. The summed E-state index contributed by atoms with van der Waals surface area (Å²) < 4.78 is 5.76. The molecule has 1 N–H and O–H groups in total. The minimum Gasteiger partial charge on any atom is -0.481 e. The van der Waals surface area contributed by atoms with Gasteiger partial charge in [0.05, 0.1) is 30.6 Å². The van der Waals surface area contributed by atoms with Gasteiger partial charge in [0.15, 0.2) is 0 Å². The summed E-state index contributed by atoms with van der Waals surface area (Å²) in [5.41, 5.74) is 0.958. The van der Waals surface area contributed by atoms with Crippen molar-refractivity contribution >= 4 is 35.1 Å². The quantitative estimate of drug-likeness (QED) is 0.455. The number of likely N-dealkylation sites (tertiary alicyclic amines) is 2. The lowest BCUT2D eigenvalue weighted by atomic mass is 9.67. The zero-order valence-electron chi connectivity index (χ0n) is 21.3. The molecule has 0 saturated carbocycles. The lowest BCUT2D eigenvalue weighted by Gasteiger charge is -2.51. The third kappa shape index (κ3) is 5.40. The Labute approximate surface area is 228 Å². The summed E-state index contributed by atoms with van der Waals surface area (Å²) in [6.45, 7) is 6.49. The van der Waals surface area contributed by atoms with Crippen molar-refractivity contribution in [2.24, 2.45) is 5.41 Å². The molecule has 0 unspecified atom stereocenters. The van der Waals surface area contributed by atoms with E-state index in [9.17, 15) is 14.7 Å². The van der Waals surface area contributed by atoms with Gasteiger partial charge in [-0.05, 0) is 61.6 Å². The fourth-order valence-electron chi connectivity index (χ4n) is 6.61. The standard InChI is InChI=1S/C29H34Cl2N2O4/c1-18(10-11-32-16-24-13-23(32)17-37-24)33-27(19-6-8-21(30)9-7-19)25(20-4-3-5-22(31)12-20)14-29(2,28(33)36)15-26(34)35/h3-9,12,18,23-25,27H,10-11,13-17H2,1-2H3,(H,34,35)/t18-,23+,24+,25+,27+,29+/m0/s1. The molecule has 3 aliphatic rings. The maximum absolute atomic E-state index is 14.2. The number of fused-ring (bicyclic) bond motifs is 2. The highest BCUT2D eigenvalue weighted by atomic mass is 35.5. The molecule has 37 heavy (non-hydrogen) atoms. The largest absolute Gasteiger partial charge is 0.481 e. The monoisotopic (exact) mass is 544 g/mol. The first kappa shape index (κ1) is 26.5. The van der Waals surface area contributed by atoms with E-state index >= 15 is 0 Å². The first-order valence-corrected chi connectivity index (χ1v) is 13.8. The molecule has 2 bridgehead atoms. The summed E-state index contributed by atoms with van der Waals surface area (Å²) in [4.78, 5) is 30.6. The van der Waals surface area contributed by atoms with E-state index in [1.807, 2.05) is 53.4 Å². The van der Waals surface area contributed by atoms with Gasteiger partial charge in [-0.1, -0.05) is 54.4 Å². The van der Waals surface area contributed by atoms with Crippen molar-refractivity contribution in [3.8, 4) is 0 Å². The summed E-state index contributed by atoms with van der Waals surface area (Å²) in [5, 5.41) is 11.0. The van der Waals surface area contributed by atoms with Gasteiger partial charge in [-0.2, -0.15) is 0 Å². The topological polar surface area (TPSA) is 70.1 Å². The van der Waals surface area contributed by atoms with Crippen LogP contribution in [0.5, 0.6) is 0 Å². The summed E-state index contributed by atoms with van der Waals surface area (Å²) in [6.07, 6.45) is 2.40. The maximum Gasteiger partial charge on any atom is 0.304 e. The minimum absolute atomic E-state index is 0.0941. The van der Waals surface area contributed by atoms with Crippen molar-refractivity contribution in [1.82, 2.24) is 9.80 Å². The molecule has 6 nitrogen and oxygen atoms in total. The molecule has 5 rings (SSSR count). The number of hydrogen-bond donors (Lipinski definition) is 1. The number of halogens is 2. The van der Waals surface area contributed by atoms with E-state index < -0.39 is 11.4 Å². The molecule has 2 aromatic rings. The van der Waals surface area contributed by atoms with Crippen LogP contribution in [0.1, 0.15) is 62.6 Å². The molecular formula is C29H34Cl2N2O4. The number of morpholine rings is 1. The molecule has 3 fully saturated rings. The predicted molar refractivity (Wildman–Crippen MR) is 144 cm³/mol. The molecule has 0 aromatic heterocycles. The highest BCUT2D eigenvalue weighted by molar-refractivity contribution is 6.30. The van der Waals surface area contributed by atoms with Crippen molar-refractivity contribution < 1.29 is 19.4 Å². The van der Waals surface area contributed by atoms with E-state index in [1.54, 1.807) is 6.92 Å². The lowest BCUT2D eigenvalue weighted by molar-refractivity contribution is -0.160. The maximum atomic E-state index is 14.2. The molecule has 3 aliphatic heterocycles. The van der Waals surface area contributed by atoms with E-state index in [0.717, 1.165) is 43.7 Å². The highest BCUT2D eigenvalue weighted by Gasteiger charge is 2.52. The van der Waals surface area contributed by atoms with Gasteiger partial charge in [0.25, 0.3) is 0 Å². The van der Waals surface area contributed by atoms with Crippen LogP contribution in [0.2, 0.25) is 10.0 Å². The number of carbonyl (C=O) groups is 2. The van der Waals surface area contributed by atoms with Crippen LogP contribution in [0.25, 0.3) is 0 Å². The van der Waals surface area contributed by atoms with Gasteiger partial charge in [0.1, 0.15) is 0 Å². The molecule has 8 heteroatoms. The number of amides is 1. The second-order valence-corrected chi connectivity index (χ2v) is 12.1. The number of carbonyl (C=O) groups excluding carboxylic acids is 1. The second-order valence-electron chi connectivity index (χ2n) is 11.2. The number of ether oxygens (including phenoxy) is 1. The van der Waals surface area contributed by atoms with Crippen LogP contribution in [0.4, 0.5) is 0 Å². The predicted octanol–water partition coefficient (Wildman–Crippen LogP) is 5.78. The van der Waals surface area contributed by atoms with E-state index in [0.29, 0.717) is 28.6 Å². The third-order valence-electron chi connectivity index (χ3n) is 8.45. The smallest absolute Gasteiger partial charge is 0.304 e. The molecule has 3 heterocycles. The van der Waals surface area contributed by atoms with Crippen molar-refractivity contribution in [1.29, 1.82) is 0 Å². The van der Waals surface area contributed by atoms with E-state index in [4.69, 9.17) is 27.9 Å². The summed E-state index contributed by atoms with van der Waals surface area (Å²) in [7, 11) is 0. The van der Waals surface area contributed by atoms with Gasteiger partial charge in [-0.15, -0.1) is 0 Å². The van der Waals surface area contributed by atoms with Gasteiger partial charge in [0, 0.05) is 41.1 Å². The normalized spacial score (nSPS) is 30.6. The zero-order valence-corrected chi connectivity index (χ0v) is 22.8. The first-order valence-electron chi connectivity index (χ1n) is 13.1. The van der Waals surface area contributed by atoms with Crippen LogP contribution in [0.3, 0.4) is 0 Å². The molecule has 0 aliphatic carbocycles. The van der Waals surface area contributed by atoms with Crippen LogP contribution in [0.15, 0.2) is 48.5 Å². The Morgan fingerprint density at radius 1 is 1.16 bits per heavy atom. The Kier molecular flexibility index (Phi) is 7.56. The van der Waals surface area contributed by atoms with E-state index in [2.05, 4.69) is 11.8 Å². The van der Waals surface area contributed by atoms with Gasteiger partial charge >= 0.3 is 5.97 Å². The molecule has 6 atom stereocenters. The zero-order chi connectivity index (χ0) is 26.3. The number of rotatable bonds is 8. The molecule has 0 spiro atoms. The van der Waals surface area contributed by atoms with Crippen LogP contribution in [-0.4, -0.2) is 64.7 Å². The number of benzene rings is 2. The van der Waals surface area contributed by atoms with Crippen LogP contribution in [-0.2, 0) is 14.3 Å². The lowest BCUT2D eigenvalue weighted by Crippen LogP contribution is -2.56. The second kappa shape index (κ2) is 10.6. The van der Waals surface area contributed by atoms with E-state index in [-0.39, 0.29) is 30.3 Å². The van der Waals surface area contributed by atoms with Crippen molar-refractivity contribution in [2.45, 2.75) is 69.7 Å². The van der Waals surface area contributed by atoms with Gasteiger partial charge in [-0.25, -0.2) is 0 Å². The third-order valence-corrected chi connectivity index (χ3v) is 8.94. The summed E-state index contributed by atoms with van der Waals surface area (Å²) >= 11 is 12.6. The number of carboxylic acid groups (broad SMARTS) is 1.